The Morgan fingerprint density at radius 2 is 2.07 bits per heavy atom. The minimum Gasteiger partial charge on any atom is -0.307 e. The summed E-state index contributed by atoms with van der Waals surface area (Å²) in [5, 5.41) is 3.72. The third kappa shape index (κ3) is 2.57. The molecule has 1 aromatic rings. The highest BCUT2D eigenvalue weighted by Crippen LogP contribution is 2.27. The van der Waals surface area contributed by atoms with Gasteiger partial charge in [0.05, 0.1) is 0 Å². The van der Waals surface area contributed by atoms with Crippen LogP contribution in [-0.4, -0.2) is 11.0 Å². The summed E-state index contributed by atoms with van der Waals surface area (Å²) in [6.45, 7) is 4.59. The van der Waals surface area contributed by atoms with E-state index in [-0.39, 0.29) is 0 Å². The average Bonchev–Trinajstić information content (AvgIpc) is 2.66. The van der Waals surface area contributed by atoms with Gasteiger partial charge in [-0.25, -0.2) is 0 Å². The second-order valence-electron chi connectivity index (χ2n) is 4.68. The second kappa shape index (κ2) is 4.75. The second-order valence-corrected chi connectivity index (χ2v) is 4.68. The molecule has 0 aromatic carbocycles. The fourth-order valence-corrected chi connectivity index (χ4v) is 2.46. The van der Waals surface area contributed by atoms with Crippen molar-refractivity contribution in [3.8, 4) is 0 Å². The highest BCUT2D eigenvalue weighted by atomic mass is 15.0. The topological polar surface area (TPSA) is 24.9 Å². The van der Waals surface area contributed by atoms with E-state index in [1.54, 1.807) is 0 Å². The Labute approximate surface area is 92.1 Å². The van der Waals surface area contributed by atoms with E-state index >= 15 is 0 Å². The molecule has 15 heavy (non-hydrogen) atoms. The maximum atomic E-state index is 4.05. The first-order valence-corrected chi connectivity index (χ1v) is 5.93. The minimum atomic E-state index is 0.443. The first-order valence-electron chi connectivity index (χ1n) is 5.93. The summed E-state index contributed by atoms with van der Waals surface area (Å²) in [5.41, 5.74) is 1.34. The molecule has 3 atom stereocenters. The lowest BCUT2D eigenvalue weighted by molar-refractivity contribution is 0.388. The van der Waals surface area contributed by atoms with Crippen molar-refractivity contribution in [2.75, 3.05) is 0 Å². The van der Waals surface area contributed by atoms with E-state index in [4.69, 9.17) is 0 Å². The molecule has 0 saturated heterocycles. The van der Waals surface area contributed by atoms with Gasteiger partial charge in [-0.05, 0) is 43.4 Å². The van der Waals surface area contributed by atoms with Gasteiger partial charge in [0.1, 0.15) is 0 Å². The number of rotatable bonds is 3. The van der Waals surface area contributed by atoms with Gasteiger partial charge in [-0.15, -0.1) is 0 Å². The number of pyridine rings is 1. The average molecular weight is 204 g/mol. The smallest absolute Gasteiger partial charge is 0.0295 e. The summed E-state index contributed by atoms with van der Waals surface area (Å²) in [6, 6.07) is 5.33. The molecule has 3 unspecified atom stereocenters. The molecule has 0 amide bonds. The van der Waals surface area contributed by atoms with Crippen molar-refractivity contribution in [3.63, 3.8) is 0 Å². The Morgan fingerprint density at radius 1 is 1.33 bits per heavy atom. The molecule has 1 aliphatic carbocycles. The first kappa shape index (κ1) is 10.6. The molecular formula is C13H20N2. The normalized spacial score (nSPS) is 27.9. The lowest BCUT2D eigenvalue weighted by Gasteiger charge is -2.23. The Hall–Kier alpha value is -0.890. The summed E-state index contributed by atoms with van der Waals surface area (Å²) in [4.78, 5) is 4.05. The molecule has 2 nitrogen and oxygen atoms in total. The van der Waals surface area contributed by atoms with Gasteiger partial charge < -0.3 is 5.32 Å². The number of aromatic nitrogens is 1. The van der Waals surface area contributed by atoms with Gasteiger partial charge in [0.15, 0.2) is 0 Å². The molecule has 0 aliphatic heterocycles. The molecule has 1 aliphatic rings. The van der Waals surface area contributed by atoms with Crippen LogP contribution >= 0.6 is 0 Å². The van der Waals surface area contributed by atoms with Crippen LogP contribution in [0.3, 0.4) is 0 Å². The molecule has 1 saturated carbocycles. The fraction of sp³-hybridized carbons (Fsp3) is 0.615. The Morgan fingerprint density at radius 3 is 2.67 bits per heavy atom. The van der Waals surface area contributed by atoms with E-state index < -0.39 is 0 Å². The zero-order valence-corrected chi connectivity index (χ0v) is 9.61. The largest absolute Gasteiger partial charge is 0.307 e. The predicted molar refractivity (Wildman–Crippen MR) is 62.6 cm³/mol. The Balaban J connectivity index is 1.95. The van der Waals surface area contributed by atoms with Crippen LogP contribution in [-0.2, 0) is 0 Å². The molecule has 2 rings (SSSR count). The van der Waals surface area contributed by atoms with Gasteiger partial charge in [0.2, 0.25) is 0 Å². The maximum absolute atomic E-state index is 4.05. The standard InChI is InChI=1S/C13H20N2/c1-10-4-3-5-13(10)15-11(2)12-6-8-14-9-7-12/h6-11,13,15H,3-5H2,1-2H3. The van der Waals surface area contributed by atoms with Crippen LogP contribution in [0.25, 0.3) is 0 Å². The molecule has 1 heterocycles. The van der Waals surface area contributed by atoms with Crippen LogP contribution in [0.4, 0.5) is 0 Å². The van der Waals surface area contributed by atoms with Crippen LogP contribution in [0.2, 0.25) is 0 Å². The van der Waals surface area contributed by atoms with E-state index in [2.05, 4.69) is 36.3 Å². The van der Waals surface area contributed by atoms with E-state index in [0.29, 0.717) is 12.1 Å². The molecular weight excluding hydrogens is 184 g/mol. The van der Waals surface area contributed by atoms with Gasteiger partial charge in [-0.1, -0.05) is 13.3 Å². The third-order valence-corrected chi connectivity index (χ3v) is 3.53. The summed E-state index contributed by atoms with van der Waals surface area (Å²) in [6.07, 6.45) is 7.82. The Kier molecular flexibility index (Phi) is 3.37. The highest BCUT2D eigenvalue weighted by Gasteiger charge is 2.24. The molecule has 0 radical (unpaired) electrons. The van der Waals surface area contributed by atoms with Crippen molar-refractivity contribution in [1.82, 2.24) is 10.3 Å². The van der Waals surface area contributed by atoms with Crippen LogP contribution in [0.1, 0.15) is 44.7 Å². The highest BCUT2D eigenvalue weighted by molar-refractivity contribution is 5.14. The van der Waals surface area contributed by atoms with Gasteiger partial charge in [0.25, 0.3) is 0 Å². The SMILES string of the molecule is CC(NC1CCCC1C)c1ccncc1. The van der Waals surface area contributed by atoms with Crippen LogP contribution < -0.4 is 5.32 Å². The number of hydrogen-bond donors (Lipinski definition) is 1. The van der Waals surface area contributed by atoms with Crippen molar-refractivity contribution in [1.29, 1.82) is 0 Å². The van der Waals surface area contributed by atoms with Gasteiger partial charge in [-0.2, -0.15) is 0 Å². The summed E-state index contributed by atoms with van der Waals surface area (Å²) in [5.74, 6) is 0.828. The van der Waals surface area contributed by atoms with Crippen molar-refractivity contribution in [3.05, 3.63) is 30.1 Å². The third-order valence-electron chi connectivity index (χ3n) is 3.53. The lowest BCUT2D eigenvalue weighted by atomic mass is 10.0. The van der Waals surface area contributed by atoms with E-state index in [0.717, 1.165) is 5.92 Å². The molecule has 82 valence electrons. The molecule has 1 fully saturated rings. The monoisotopic (exact) mass is 204 g/mol. The van der Waals surface area contributed by atoms with Crippen LogP contribution in [0.15, 0.2) is 24.5 Å². The molecule has 2 heteroatoms. The number of hydrogen-bond acceptors (Lipinski definition) is 2. The van der Waals surface area contributed by atoms with E-state index in [9.17, 15) is 0 Å². The van der Waals surface area contributed by atoms with Crippen molar-refractivity contribution >= 4 is 0 Å². The summed E-state index contributed by atoms with van der Waals surface area (Å²) >= 11 is 0. The zero-order valence-electron chi connectivity index (χ0n) is 9.61. The van der Waals surface area contributed by atoms with E-state index in [1.165, 1.54) is 24.8 Å². The van der Waals surface area contributed by atoms with Gasteiger partial charge in [-0.3, -0.25) is 4.98 Å². The number of nitrogens with one attached hydrogen (secondary N) is 1. The molecule has 1 N–H and O–H groups in total. The molecule has 1 aromatic heterocycles. The predicted octanol–water partition coefficient (Wildman–Crippen LogP) is 2.92. The fourth-order valence-electron chi connectivity index (χ4n) is 2.46. The lowest BCUT2D eigenvalue weighted by Crippen LogP contribution is -2.33. The summed E-state index contributed by atoms with van der Waals surface area (Å²) < 4.78 is 0. The molecule has 0 bridgehead atoms. The number of nitrogens with zero attached hydrogens (tertiary/aromatic N) is 1. The summed E-state index contributed by atoms with van der Waals surface area (Å²) in [7, 11) is 0. The maximum Gasteiger partial charge on any atom is 0.0295 e. The van der Waals surface area contributed by atoms with Crippen molar-refractivity contribution in [2.24, 2.45) is 5.92 Å². The van der Waals surface area contributed by atoms with Gasteiger partial charge >= 0.3 is 0 Å². The molecule has 0 spiro atoms. The minimum absolute atomic E-state index is 0.443. The van der Waals surface area contributed by atoms with Crippen molar-refractivity contribution in [2.45, 2.75) is 45.2 Å². The first-order chi connectivity index (χ1) is 7.27. The Bertz CT molecular complexity index is 297. The van der Waals surface area contributed by atoms with Gasteiger partial charge in [0, 0.05) is 24.5 Å². The quantitative estimate of drug-likeness (QED) is 0.819. The van der Waals surface area contributed by atoms with Crippen LogP contribution in [0.5, 0.6) is 0 Å². The van der Waals surface area contributed by atoms with Crippen LogP contribution in [0, 0.1) is 5.92 Å². The zero-order chi connectivity index (χ0) is 10.7. The van der Waals surface area contributed by atoms with Crippen molar-refractivity contribution < 1.29 is 0 Å². The van der Waals surface area contributed by atoms with E-state index in [1.807, 2.05) is 12.4 Å².